The minimum absolute atomic E-state index is 0.253. The Labute approximate surface area is 195 Å². The molecule has 0 unspecified atom stereocenters. The Balaban J connectivity index is 1.66. The molecule has 0 aliphatic carbocycles. The molecule has 3 aliphatic heterocycles. The number of phenolic OH excluding ortho intramolecular Hbond substituents is 2. The first-order chi connectivity index (χ1) is 15.4. The number of phenols is 2. The maximum absolute atomic E-state index is 13.7. The molecule has 3 aliphatic rings. The van der Waals surface area contributed by atoms with E-state index in [1.165, 1.54) is 17.0 Å². The van der Waals surface area contributed by atoms with Crippen LogP contribution in [0.4, 0.5) is 5.69 Å². The van der Waals surface area contributed by atoms with Crippen LogP contribution >= 0.6 is 11.6 Å². The lowest BCUT2D eigenvalue weighted by Gasteiger charge is -2.34. The molecule has 2 aromatic carbocycles. The number of rotatable bonds is 2. The van der Waals surface area contributed by atoms with Gasteiger partial charge in [-0.05, 0) is 63.1 Å². The Morgan fingerprint density at radius 1 is 1.03 bits per heavy atom. The van der Waals surface area contributed by atoms with Gasteiger partial charge in [0.25, 0.3) is 0 Å². The predicted molar refractivity (Wildman–Crippen MR) is 121 cm³/mol. The monoisotopic (exact) mass is 469 g/mol. The molecule has 4 N–H and O–H groups in total. The van der Waals surface area contributed by atoms with Gasteiger partial charge in [0, 0.05) is 27.9 Å². The molecule has 3 heterocycles. The van der Waals surface area contributed by atoms with Crippen molar-refractivity contribution in [3.05, 3.63) is 52.5 Å². The van der Waals surface area contributed by atoms with Crippen molar-refractivity contribution in [2.45, 2.75) is 44.3 Å². The third kappa shape index (κ3) is 2.97. The number of hydrogen-bond donors (Lipinski definition) is 4. The van der Waals surface area contributed by atoms with Crippen LogP contribution in [0, 0.1) is 11.8 Å². The first kappa shape index (κ1) is 21.7. The van der Waals surface area contributed by atoms with E-state index < -0.39 is 40.8 Å². The van der Waals surface area contributed by atoms with Gasteiger partial charge in [0.15, 0.2) is 11.5 Å². The summed E-state index contributed by atoms with van der Waals surface area (Å²) in [4.78, 5) is 42.0. The van der Waals surface area contributed by atoms with E-state index in [0.29, 0.717) is 21.8 Å². The third-order valence-electron chi connectivity index (χ3n) is 6.84. The summed E-state index contributed by atoms with van der Waals surface area (Å²) < 4.78 is 0. The smallest absolute Gasteiger partial charge is 0.250 e. The van der Waals surface area contributed by atoms with Crippen molar-refractivity contribution < 1.29 is 24.6 Å². The first-order valence-corrected chi connectivity index (χ1v) is 11.1. The molecule has 0 aromatic heterocycles. The van der Waals surface area contributed by atoms with E-state index in [-0.39, 0.29) is 23.8 Å². The molecule has 5 rings (SSSR count). The summed E-state index contributed by atoms with van der Waals surface area (Å²) in [5, 5.41) is 26.2. The van der Waals surface area contributed by atoms with Crippen LogP contribution in [-0.4, -0.2) is 44.4 Å². The summed E-state index contributed by atoms with van der Waals surface area (Å²) in [5.74, 6) is -3.40. The highest BCUT2D eigenvalue weighted by atomic mass is 35.5. The van der Waals surface area contributed by atoms with Gasteiger partial charge in [-0.2, -0.15) is 0 Å². The lowest BCUT2D eigenvalue weighted by atomic mass is 9.76. The van der Waals surface area contributed by atoms with Crippen molar-refractivity contribution in [1.29, 1.82) is 0 Å². The number of carbonyl (C=O) groups excluding carboxylic acids is 3. The van der Waals surface area contributed by atoms with Crippen LogP contribution in [0.15, 0.2) is 36.4 Å². The highest BCUT2D eigenvalue weighted by molar-refractivity contribution is 6.31. The average molecular weight is 470 g/mol. The summed E-state index contributed by atoms with van der Waals surface area (Å²) in [5.41, 5.74) is -0.456. The zero-order chi connectivity index (χ0) is 23.9. The summed E-state index contributed by atoms with van der Waals surface area (Å²) in [7, 11) is 0. The Morgan fingerprint density at radius 2 is 1.76 bits per heavy atom. The fourth-order valence-electron chi connectivity index (χ4n) is 5.56. The van der Waals surface area contributed by atoms with Gasteiger partial charge in [-0.25, -0.2) is 0 Å². The largest absolute Gasteiger partial charge is 0.504 e. The number of benzene rings is 2. The van der Waals surface area contributed by atoms with Gasteiger partial charge in [0.1, 0.15) is 5.54 Å². The number of nitrogens with zero attached hydrogens (tertiary/aromatic N) is 1. The molecule has 2 fully saturated rings. The predicted octanol–water partition coefficient (Wildman–Crippen LogP) is 2.51. The molecule has 3 amide bonds. The maximum atomic E-state index is 13.7. The molecule has 9 heteroatoms. The van der Waals surface area contributed by atoms with E-state index in [1.807, 2.05) is 0 Å². The summed E-state index contributed by atoms with van der Waals surface area (Å²) in [6, 6.07) is 8.86. The number of likely N-dealkylation sites (tertiary alicyclic amines) is 1. The number of halogens is 1. The summed E-state index contributed by atoms with van der Waals surface area (Å²) >= 11 is 6.26. The second-order valence-electron chi connectivity index (χ2n) is 9.92. The second kappa shape index (κ2) is 6.95. The Bertz CT molecular complexity index is 1220. The van der Waals surface area contributed by atoms with Gasteiger partial charge in [0.2, 0.25) is 17.7 Å². The number of carbonyl (C=O) groups is 3. The number of imide groups is 1. The van der Waals surface area contributed by atoms with E-state index in [2.05, 4.69) is 10.6 Å². The van der Waals surface area contributed by atoms with E-state index in [9.17, 15) is 24.6 Å². The molecule has 172 valence electrons. The van der Waals surface area contributed by atoms with Gasteiger partial charge in [-0.1, -0.05) is 17.7 Å². The number of aromatic hydroxyl groups is 2. The molecule has 2 saturated heterocycles. The van der Waals surface area contributed by atoms with Gasteiger partial charge in [-0.15, -0.1) is 0 Å². The van der Waals surface area contributed by atoms with Crippen LogP contribution in [0.3, 0.4) is 0 Å². The number of hydrogen-bond acceptors (Lipinski definition) is 6. The Kier molecular flexibility index (Phi) is 4.58. The standard InChI is InChI=1S/C24H24ClN3O5/c1-23(2,3)28-20(31)18-15(8-11-4-7-16(29)17(30)9-11)27-24(19(18)21(28)32)13-10-12(25)5-6-14(13)26-22(24)33/h4-7,9-10,15,18-19,27,29-30H,8H2,1-3H3,(H,26,33)/t15-,18+,19-,24+/m0/s1. The van der Waals surface area contributed by atoms with E-state index in [1.54, 1.807) is 45.0 Å². The van der Waals surface area contributed by atoms with Gasteiger partial charge in [-0.3, -0.25) is 24.6 Å². The quantitative estimate of drug-likeness (QED) is 0.396. The SMILES string of the molecule is CC(C)(C)N1C(=O)[C@@H]2[C@H](Cc3ccc(O)c(O)c3)N[C@@]3(C(=O)Nc4ccc(Cl)cc43)[C@@H]2C1=O. The zero-order valence-electron chi connectivity index (χ0n) is 18.3. The van der Waals surface area contributed by atoms with Crippen LogP contribution in [-0.2, 0) is 26.3 Å². The number of anilines is 1. The topological polar surface area (TPSA) is 119 Å². The number of amides is 3. The van der Waals surface area contributed by atoms with Crippen LogP contribution in [0.2, 0.25) is 5.02 Å². The maximum Gasteiger partial charge on any atom is 0.250 e. The van der Waals surface area contributed by atoms with E-state index in [4.69, 9.17) is 11.6 Å². The first-order valence-electron chi connectivity index (χ1n) is 10.7. The van der Waals surface area contributed by atoms with Gasteiger partial charge in [0.05, 0.1) is 11.8 Å². The average Bonchev–Trinajstić information content (AvgIpc) is 3.29. The molecule has 2 aromatic rings. The van der Waals surface area contributed by atoms with Crippen LogP contribution in [0.25, 0.3) is 0 Å². The third-order valence-corrected chi connectivity index (χ3v) is 7.08. The van der Waals surface area contributed by atoms with E-state index in [0.717, 1.165) is 0 Å². The molecular weight excluding hydrogens is 446 g/mol. The van der Waals surface area contributed by atoms with Crippen LogP contribution in [0.5, 0.6) is 11.5 Å². The lowest BCUT2D eigenvalue weighted by Crippen LogP contribution is -2.56. The molecule has 1 spiro atoms. The minimum Gasteiger partial charge on any atom is -0.504 e. The highest BCUT2D eigenvalue weighted by Crippen LogP contribution is 2.54. The molecule has 4 atom stereocenters. The lowest BCUT2D eigenvalue weighted by molar-refractivity contribution is -0.147. The van der Waals surface area contributed by atoms with E-state index >= 15 is 0 Å². The van der Waals surface area contributed by atoms with Gasteiger partial charge >= 0.3 is 0 Å². The normalized spacial score (nSPS) is 28.4. The van der Waals surface area contributed by atoms with Crippen molar-refractivity contribution in [2.24, 2.45) is 11.8 Å². The fourth-order valence-corrected chi connectivity index (χ4v) is 5.73. The fraction of sp³-hybridized carbons (Fsp3) is 0.375. The number of nitrogens with one attached hydrogen (secondary N) is 2. The van der Waals surface area contributed by atoms with Crippen molar-refractivity contribution >= 4 is 35.0 Å². The summed E-state index contributed by atoms with van der Waals surface area (Å²) in [6.45, 7) is 5.36. The van der Waals surface area contributed by atoms with Gasteiger partial charge < -0.3 is 15.5 Å². The molecule has 33 heavy (non-hydrogen) atoms. The minimum atomic E-state index is -1.44. The Morgan fingerprint density at radius 3 is 2.42 bits per heavy atom. The molecule has 8 nitrogen and oxygen atoms in total. The van der Waals surface area contributed by atoms with Crippen molar-refractivity contribution in [1.82, 2.24) is 10.2 Å². The molecular formula is C24H24ClN3O5. The highest BCUT2D eigenvalue weighted by Gasteiger charge is 2.71. The van der Waals surface area contributed by atoms with Crippen molar-refractivity contribution in [3.63, 3.8) is 0 Å². The van der Waals surface area contributed by atoms with Crippen molar-refractivity contribution in [2.75, 3.05) is 5.32 Å². The second-order valence-corrected chi connectivity index (χ2v) is 10.4. The van der Waals surface area contributed by atoms with Crippen molar-refractivity contribution in [3.8, 4) is 11.5 Å². The summed E-state index contributed by atoms with van der Waals surface area (Å²) in [6.07, 6.45) is 0.261. The molecule has 0 saturated carbocycles. The molecule has 0 bridgehead atoms. The van der Waals surface area contributed by atoms with Crippen LogP contribution in [0.1, 0.15) is 31.9 Å². The Hall–Kier alpha value is -3.10. The number of fused-ring (bicyclic) bond motifs is 4. The zero-order valence-corrected chi connectivity index (χ0v) is 19.1. The molecule has 0 radical (unpaired) electrons. The van der Waals surface area contributed by atoms with Crippen LogP contribution < -0.4 is 10.6 Å².